The Morgan fingerprint density at radius 1 is 1.16 bits per heavy atom. The number of fused-ring (bicyclic) bond motifs is 1. The molecule has 0 spiro atoms. The maximum atomic E-state index is 5.92. The van der Waals surface area contributed by atoms with Crippen LogP contribution in [0.5, 0.6) is 5.75 Å². The third kappa shape index (κ3) is 2.32. The molecule has 2 aromatic rings. The zero-order valence-corrected chi connectivity index (χ0v) is 11.1. The molecule has 0 aliphatic carbocycles. The maximum absolute atomic E-state index is 5.92. The van der Waals surface area contributed by atoms with Gasteiger partial charge in [0.1, 0.15) is 5.75 Å². The summed E-state index contributed by atoms with van der Waals surface area (Å²) in [5.74, 6) is 6.90. The van der Waals surface area contributed by atoms with Crippen molar-refractivity contribution in [2.75, 3.05) is 6.61 Å². The number of ether oxygens (including phenoxy) is 1. The highest BCUT2D eigenvalue weighted by Gasteiger charge is 2.31. The van der Waals surface area contributed by atoms with Gasteiger partial charge in [0.15, 0.2) is 0 Å². The molecule has 3 rings (SSSR count). The maximum Gasteiger partial charge on any atom is 0.122 e. The van der Waals surface area contributed by atoms with Gasteiger partial charge in [-0.2, -0.15) is 0 Å². The molecule has 0 saturated heterocycles. The van der Waals surface area contributed by atoms with Crippen molar-refractivity contribution in [2.24, 2.45) is 5.84 Å². The normalized spacial score (nSPS) is 18.7. The van der Waals surface area contributed by atoms with E-state index in [2.05, 4.69) is 11.5 Å². The number of hydrazine groups is 1. The van der Waals surface area contributed by atoms with Gasteiger partial charge >= 0.3 is 0 Å². The molecule has 4 heteroatoms. The summed E-state index contributed by atoms with van der Waals surface area (Å²) in [4.78, 5) is 0. The van der Waals surface area contributed by atoms with Crippen LogP contribution in [-0.2, 0) is 0 Å². The molecule has 3 nitrogen and oxygen atoms in total. The average Bonchev–Trinajstić information content (AvgIpc) is 2.86. The quantitative estimate of drug-likeness (QED) is 0.668. The monoisotopic (exact) mass is 274 g/mol. The van der Waals surface area contributed by atoms with E-state index in [1.54, 1.807) is 0 Å². The van der Waals surface area contributed by atoms with Crippen LogP contribution in [0.2, 0.25) is 5.02 Å². The highest BCUT2D eigenvalue weighted by molar-refractivity contribution is 6.30. The molecule has 0 fully saturated rings. The Morgan fingerprint density at radius 3 is 2.63 bits per heavy atom. The highest BCUT2D eigenvalue weighted by atomic mass is 35.5. The summed E-state index contributed by atoms with van der Waals surface area (Å²) >= 11 is 5.92. The van der Waals surface area contributed by atoms with Crippen LogP contribution in [-0.4, -0.2) is 6.61 Å². The van der Waals surface area contributed by atoms with Crippen LogP contribution in [0.3, 0.4) is 0 Å². The SMILES string of the molecule is NNC(c1ccc(Cl)cc1)C1COc2ccccc21. The summed E-state index contributed by atoms with van der Waals surface area (Å²) in [7, 11) is 0. The van der Waals surface area contributed by atoms with Crippen molar-refractivity contribution in [3.05, 3.63) is 64.7 Å². The minimum atomic E-state index is 0.0147. The van der Waals surface area contributed by atoms with E-state index in [0.29, 0.717) is 6.61 Å². The van der Waals surface area contributed by atoms with E-state index in [4.69, 9.17) is 22.2 Å². The standard InChI is InChI=1S/C15H15ClN2O/c16-11-7-5-10(6-8-11)15(18-17)13-9-19-14-4-2-1-3-12(13)14/h1-8,13,15,18H,9,17H2. The van der Waals surface area contributed by atoms with E-state index >= 15 is 0 Å². The first-order chi connectivity index (χ1) is 9.29. The number of para-hydroxylation sites is 1. The first kappa shape index (κ1) is 12.5. The van der Waals surface area contributed by atoms with E-state index in [0.717, 1.165) is 16.3 Å². The van der Waals surface area contributed by atoms with Crippen LogP contribution in [0.1, 0.15) is 23.1 Å². The van der Waals surface area contributed by atoms with E-state index in [1.807, 2.05) is 42.5 Å². The Morgan fingerprint density at radius 2 is 1.89 bits per heavy atom. The Hall–Kier alpha value is -1.55. The zero-order chi connectivity index (χ0) is 13.2. The molecule has 19 heavy (non-hydrogen) atoms. The number of nitrogens with one attached hydrogen (secondary N) is 1. The van der Waals surface area contributed by atoms with Gasteiger partial charge in [0.2, 0.25) is 0 Å². The fourth-order valence-corrected chi connectivity index (χ4v) is 2.70. The van der Waals surface area contributed by atoms with E-state index < -0.39 is 0 Å². The fourth-order valence-electron chi connectivity index (χ4n) is 2.58. The molecule has 0 radical (unpaired) electrons. The predicted octanol–water partition coefficient (Wildman–Crippen LogP) is 3.02. The Labute approximate surface area is 117 Å². The van der Waals surface area contributed by atoms with Gasteiger partial charge in [0.25, 0.3) is 0 Å². The smallest absolute Gasteiger partial charge is 0.122 e. The predicted molar refractivity (Wildman–Crippen MR) is 76.2 cm³/mol. The Kier molecular flexibility index (Phi) is 3.42. The minimum Gasteiger partial charge on any atom is -0.493 e. The molecule has 0 bridgehead atoms. The van der Waals surface area contributed by atoms with Crippen molar-refractivity contribution < 1.29 is 4.74 Å². The topological polar surface area (TPSA) is 47.3 Å². The first-order valence-electron chi connectivity index (χ1n) is 6.23. The number of nitrogens with two attached hydrogens (primary N) is 1. The lowest BCUT2D eigenvalue weighted by atomic mass is 9.89. The van der Waals surface area contributed by atoms with Crippen LogP contribution in [0.4, 0.5) is 0 Å². The molecule has 98 valence electrons. The molecule has 1 aliphatic rings. The number of hydrogen-bond donors (Lipinski definition) is 2. The van der Waals surface area contributed by atoms with Crippen molar-refractivity contribution >= 4 is 11.6 Å². The van der Waals surface area contributed by atoms with E-state index in [-0.39, 0.29) is 12.0 Å². The van der Waals surface area contributed by atoms with Crippen LogP contribution in [0.15, 0.2) is 48.5 Å². The molecule has 2 atom stereocenters. The number of halogens is 1. The van der Waals surface area contributed by atoms with Crippen molar-refractivity contribution in [1.29, 1.82) is 0 Å². The number of benzene rings is 2. The molecular weight excluding hydrogens is 260 g/mol. The summed E-state index contributed by atoms with van der Waals surface area (Å²) in [6, 6.07) is 15.8. The molecule has 3 N–H and O–H groups in total. The van der Waals surface area contributed by atoms with Crippen molar-refractivity contribution in [3.63, 3.8) is 0 Å². The third-order valence-corrected chi connectivity index (χ3v) is 3.80. The summed E-state index contributed by atoms with van der Waals surface area (Å²) < 4.78 is 5.72. The van der Waals surface area contributed by atoms with Gasteiger partial charge < -0.3 is 4.74 Å². The van der Waals surface area contributed by atoms with Crippen LogP contribution in [0, 0.1) is 0 Å². The van der Waals surface area contributed by atoms with Gasteiger partial charge in [-0.25, -0.2) is 0 Å². The van der Waals surface area contributed by atoms with Gasteiger partial charge in [0.05, 0.1) is 12.6 Å². The summed E-state index contributed by atoms with van der Waals surface area (Å²) in [6.45, 7) is 0.636. The largest absolute Gasteiger partial charge is 0.493 e. The lowest BCUT2D eigenvalue weighted by Crippen LogP contribution is -2.33. The van der Waals surface area contributed by atoms with Crippen LogP contribution < -0.4 is 16.0 Å². The molecule has 2 unspecified atom stereocenters. The first-order valence-corrected chi connectivity index (χ1v) is 6.60. The van der Waals surface area contributed by atoms with Gasteiger partial charge in [-0.1, -0.05) is 41.9 Å². The van der Waals surface area contributed by atoms with Crippen molar-refractivity contribution in [1.82, 2.24) is 5.43 Å². The van der Waals surface area contributed by atoms with Crippen LogP contribution >= 0.6 is 11.6 Å². The molecule has 1 heterocycles. The lowest BCUT2D eigenvalue weighted by molar-refractivity contribution is 0.300. The second-order valence-corrected chi connectivity index (χ2v) is 5.09. The van der Waals surface area contributed by atoms with Gasteiger partial charge in [0, 0.05) is 16.5 Å². The summed E-state index contributed by atoms with van der Waals surface area (Å²) in [6.07, 6.45) is 0. The zero-order valence-electron chi connectivity index (χ0n) is 10.3. The molecular formula is C15H15ClN2O. The summed E-state index contributed by atoms with van der Waals surface area (Å²) in [5.41, 5.74) is 5.20. The van der Waals surface area contributed by atoms with Crippen LogP contribution in [0.25, 0.3) is 0 Å². The Bertz CT molecular complexity index is 571. The molecule has 0 amide bonds. The second kappa shape index (κ2) is 5.21. The minimum absolute atomic E-state index is 0.0147. The molecule has 0 saturated carbocycles. The van der Waals surface area contributed by atoms with Gasteiger partial charge in [-0.15, -0.1) is 0 Å². The van der Waals surface area contributed by atoms with Crippen molar-refractivity contribution in [3.8, 4) is 5.75 Å². The molecule has 2 aromatic carbocycles. The fraction of sp³-hybridized carbons (Fsp3) is 0.200. The van der Waals surface area contributed by atoms with Crippen molar-refractivity contribution in [2.45, 2.75) is 12.0 Å². The molecule has 0 aromatic heterocycles. The van der Waals surface area contributed by atoms with Gasteiger partial charge in [-0.3, -0.25) is 11.3 Å². The van der Waals surface area contributed by atoms with Gasteiger partial charge in [-0.05, 0) is 23.8 Å². The highest BCUT2D eigenvalue weighted by Crippen LogP contribution is 2.40. The Balaban J connectivity index is 1.94. The lowest BCUT2D eigenvalue weighted by Gasteiger charge is -2.22. The van der Waals surface area contributed by atoms with E-state index in [9.17, 15) is 0 Å². The van der Waals surface area contributed by atoms with E-state index in [1.165, 1.54) is 5.56 Å². The molecule has 1 aliphatic heterocycles. The summed E-state index contributed by atoms with van der Waals surface area (Å²) in [5, 5.41) is 0.725. The third-order valence-electron chi connectivity index (χ3n) is 3.55. The average molecular weight is 275 g/mol. The number of rotatable bonds is 3. The second-order valence-electron chi connectivity index (χ2n) is 4.65. The number of hydrogen-bond acceptors (Lipinski definition) is 3.